The molecule has 0 amide bonds. The molecule has 1 saturated carbocycles. The van der Waals surface area contributed by atoms with E-state index in [9.17, 15) is 0 Å². The molecule has 94 valence electrons. The molecule has 0 saturated heterocycles. The summed E-state index contributed by atoms with van der Waals surface area (Å²) >= 11 is 0. The van der Waals surface area contributed by atoms with Gasteiger partial charge in [0.25, 0.3) is 0 Å². The van der Waals surface area contributed by atoms with Crippen LogP contribution in [-0.2, 0) is 4.74 Å². The summed E-state index contributed by atoms with van der Waals surface area (Å²) in [5.41, 5.74) is 8.42. The van der Waals surface area contributed by atoms with Crippen LogP contribution in [0.1, 0.15) is 30.9 Å². The summed E-state index contributed by atoms with van der Waals surface area (Å²) in [5, 5.41) is 1.14. The standard InChI is InChI=1S/C15H18N2O/c1-18-15(8-4-9-15)14(16)12-5-2-7-13-11(12)6-3-10-17-13/h2-3,5-7,10,14H,4,8-9,16H2,1H3. The predicted molar refractivity (Wildman–Crippen MR) is 72.3 cm³/mol. The van der Waals surface area contributed by atoms with E-state index in [2.05, 4.69) is 17.1 Å². The number of fused-ring (bicyclic) bond motifs is 1. The van der Waals surface area contributed by atoms with E-state index in [0.717, 1.165) is 29.3 Å². The molecule has 1 aliphatic carbocycles. The summed E-state index contributed by atoms with van der Waals surface area (Å²) in [6.07, 6.45) is 5.10. The number of hydrogen-bond donors (Lipinski definition) is 1. The zero-order valence-electron chi connectivity index (χ0n) is 10.6. The van der Waals surface area contributed by atoms with Gasteiger partial charge in [0.05, 0.1) is 17.2 Å². The lowest BCUT2D eigenvalue weighted by Gasteiger charge is -2.45. The molecule has 18 heavy (non-hydrogen) atoms. The first-order chi connectivity index (χ1) is 8.77. The minimum absolute atomic E-state index is 0.0795. The topological polar surface area (TPSA) is 48.1 Å². The van der Waals surface area contributed by atoms with Gasteiger partial charge in [-0.15, -0.1) is 0 Å². The van der Waals surface area contributed by atoms with Gasteiger partial charge in [0.15, 0.2) is 0 Å². The molecular weight excluding hydrogens is 224 g/mol. The second-order valence-electron chi connectivity index (χ2n) is 5.02. The van der Waals surface area contributed by atoms with Crippen molar-refractivity contribution in [2.75, 3.05) is 7.11 Å². The molecule has 1 heterocycles. The number of hydrogen-bond acceptors (Lipinski definition) is 3. The fourth-order valence-electron chi connectivity index (χ4n) is 2.85. The van der Waals surface area contributed by atoms with Crippen LogP contribution in [0.2, 0.25) is 0 Å². The van der Waals surface area contributed by atoms with E-state index in [4.69, 9.17) is 10.5 Å². The lowest BCUT2D eigenvalue weighted by Crippen LogP contribution is -2.48. The molecule has 0 bridgehead atoms. The summed E-state index contributed by atoms with van der Waals surface area (Å²) in [7, 11) is 1.77. The van der Waals surface area contributed by atoms with Crippen LogP contribution >= 0.6 is 0 Å². The third-order valence-electron chi connectivity index (χ3n) is 4.19. The van der Waals surface area contributed by atoms with Crippen LogP contribution in [0.5, 0.6) is 0 Å². The van der Waals surface area contributed by atoms with Gasteiger partial charge in [-0.2, -0.15) is 0 Å². The second kappa shape index (κ2) is 4.34. The number of pyridine rings is 1. The van der Waals surface area contributed by atoms with E-state index >= 15 is 0 Å². The van der Waals surface area contributed by atoms with E-state index in [1.807, 2.05) is 24.4 Å². The monoisotopic (exact) mass is 242 g/mol. The van der Waals surface area contributed by atoms with E-state index in [1.54, 1.807) is 7.11 Å². The smallest absolute Gasteiger partial charge is 0.0870 e. The fourth-order valence-corrected chi connectivity index (χ4v) is 2.85. The van der Waals surface area contributed by atoms with Crippen LogP contribution in [-0.4, -0.2) is 17.7 Å². The molecule has 3 nitrogen and oxygen atoms in total. The molecule has 1 aromatic heterocycles. The molecule has 2 N–H and O–H groups in total. The van der Waals surface area contributed by atoms with Crippen molar-refractivity contribution in [3.63, 3.8) is 0 Å². The highest BCUT2D eigenvalue weighted by Gasteiger charge is 2.43. The lowest BCUT2D eigenvalue weighted by atomic mass is 9.72. The van der Waals surface area contributed by atoms with Crippen LogP contribution in [0.3, 0.4) is 0 Å². The Morgan fingerprint density at radius 3 is 2.78 bits per heavy atom. The Morgan fingerprint density at radius 1 is 1.28 bits per heavy atom. The molecule has 0 aliphatic heterocycles. The molecule has 1 aliphatic rings. The van der Waals surface area contributed by atoms with Crippen molar-refractivity contribution in [2.45, 2.75) is 30.9 Å². The molecular formula is C15H18N2O. The van der Waals surface area contributed by atoms with Crippen LogP contribution in [0, 0.1) is 0 Å². The Hall–Kier alpha value is -1.45. The zero-order chi connectivity index (χ0) is 12.6. The molecule has 2 aromatic rings. The number of benzene rings is 1. The Labute approximate surface area is 107 Å². The maximum Gasteiger partial charge on any atom is 0.0870 e. The molecule has 1 fully saturated rings. The van der Waals surface area contributed by atoms with Gasteiger partial charge >= 0.3 is 0 Å². The largest absolute Gasteiger partial charge is 0.376 e. The van der Waals surface area contributed by atoms with Gasteiger partial charge in [-0.1, -0.05) is 18.2 Å². The highest BCUT2D eigenvalue weighted by molar-refractivity contribution is 5.82. The molecule has 3 rings (SSSR count). The van der Waals surface area contributed by atoms with Crippen LogP contribution in [0.4, 0.5) is 0 Å². The van der Waals surface area contributed by atoms with Crippen molar-refractivity contribution in [2.24, 2.45) is 5.73 Å². The van der Waals surface area contributed by atoms with Crippen LogP contribution in [0.25, 0.3) is 10.9 Å². The van der Waals surface area contributed by atoms with Gasteiger partial charge in [0.1, 0.15) is 0 Å². The number of ether oxygens (including phenoxy) is 1. The van der Waals surface area contributed by atoms with Crippen LogP contribution in [0.15, 0.2) is 36.5 Å². The van der Waals surface area contributed by atoms with E-state index in [-0.39, 0.29) is 11.6 Å². The first kappa shape index (κ1) is 11.6. The Bertz CT molecular complexity index is 552. The van der Waals surface area contributed by atoms with Crippen molar-refractivity contribution in [3.05, 3.63) is 42.1 Å². The lowest BCUT2D eigenvalue weighted by molar-refractivity contribution is -0.0908. The molecule has 3 heteroatoms. The molecule has 0 spiro atoms. The number of rotatable bonds is 3. The summed E-state index contributed by atoms with van der Waals surface area (Å²) in [5.74, 6) is 0. The minimum atomic E-state index is -0.176. The third-order valence-corrected chi connectivity index (χ3v) is 4.19. The van der Waals surface area contributed by atoms with Gasteiger partial charge in [-0.25, -0.2) is 0 Å². The maximum absolute atomic E-state index is 6.46. The Kier molecular flexibility index (Phi) is 2.80. The normalized spacial score (nSPS) is 19.4. The van der Waals surface area contributed by atoms with Gasteiger partial charge < -0.3 is 10.5 Å². The van der Waals surface area contributed by atoms with E-state index < -0.39 is 0 Å². The highest BCUT2D eigenvalue weighted by atomic mass is 16.5. The van der Waals surface area contributed by atoms with Gasteiger partial charge in [-0.3, -0.25) is 4.98 Å². The van der Waals surface area contributed by atoms with Crippen molar-refractivity contribution in [1.82, 2.24) is 4.98 Å². The average Bonchev–Trinajstić information content (AvgIpc) is 2.37. The Morgan fingerprint density at radius 2 is 2.11 bits per heavy atom. The fraction of sp³-hybridized carbons (Fsp3) is 0.400. The number of aromatic nitrogens is 1. The molecule has 1 atom stereocenters. The van der Waals surface area contributed by atoms with Crippen molar-refractivity contribution >= 4 is 10.9 Å². The minimum Gasteiger partial charge on any atom is -0.376 e. The summed E-state index contributed by atoms with van der Waals surface area (Å²) in [6, 6.07) is 10.1. The van der Waals surface area contributed by atoms with E-state index in [0.29, 0.717) is 0 Å². The van der Waals surface area contributed by atoms with Crippen molar-refractivity contribution in [3.8, 4) is 0 Å². The predicted octanol–water partition coefficient (Wildman–Crippen LogP) is 2.80. The highest BCUT2D eigenvalue weighted by Crippen LogP contribution is 2.44. The maximum atomic E-state index is 6.46. The zero-order valence-corrected chi connectivity index (χ0v) is 10.6. The quantitative estimate of drug-likeness (QED) is 0.900. The molecule has 0 radical (unpaired) electrons. The molecule has 1 unspecified atom stereocenters. The first-order valence-electron chi connectivity index (χ1n) is 6.41. The summed E-state index contributed by atoms with van der Waals surface area (Å²) in [6.45, 7) is 0. The SMILES string of the molecule is COC1(C(N)c2cccc3ncccc23)CCC1. The first-order valence-corrected chi connectivity index (χ1v) is 6.41. The summed E-state index contributed by atoms with van der Waals surface area (Å²) < 4.78 is 5.69. The van der Waals surface area contributed by atoms with Crippen LogP contribution < -0.4 is 5.73 Å². The Balaban J connectivity index is 2.09. The van der Waals surface area contributed by atoms with Gasteiger partial charge in [-0.05, 0) is 37.0 Å². The van der Waals surface area contributed by atoms with E-state index in [1.165, 1.54) is 6.42 Å². The third kappa shape index (κ3) is 1.62. The van der Waals surface area contributed by atoms with Gasteiger partial charge in [0, 0.05) is 18.7 Å². The summed E-state index contributed by atoms with van der Waals surface area (Å²) in [4.78, 5) is 4.38. The second-order valence-corrected chi connectivity index (χ2v) is 5.02. The van der Waals surface area contributed by atoms with Crippen molar-refractivity contribution in [1.29, 1.82) is 0 Å². The number of methoxy groups -OCH3 is 1. The van der Waals surface area contributed by atoms with Crippen molar-refractivity contribution < 1.29 is 4.74 Å². The number of nitrogens with zero attached hydrogens (tertiary/aromatic N) is 1. The van der Waals surface area contributed by atoms with Gasteiger partial charge in [0.2, 0.25) is 0 Å². The molecule has 1 aromatic carbocycles. The number of nitrogens with two attached hydrogens (primary N) is 1. The average molecular weight is 242 g/mol.